The largest absolute Gasteiger partial charge is 0.464 e. The summed E-state index contributed by atoms with van der Waals surface area (Å²) in [7, 11) is 0. The molecule has 0 bridgehead atoms. The van der Waals surface area contributed by atoms with Gasteiger partial charge in [0.1, 0.15) is 11.4 Å². The minimum Gasteiger partial charge on any atom is -0.464 e. The Balaban J connectivity index is 1.48. The molecule has 3 aromatic rings. The topological polar surface area (TPSA) is 36.7 Å². The number of anilines is 1. The molecule has 0 radical (unpaired) electrons. The number of nitrogens with zero attached hydrogens (tertiary/aromatic N) is 2. The van der Waals surface area contributed by atoms with Crippen molar-refractivity contribution in [3.05, 3.63) is 75.4 Å². The number of rotatable bonds is 3. The molecule has 4 nitrogen and oxygen atoms in total. The number of benzene rings is 2. The summed E-state index contributed by atoms with van der Waals surface area (Å²) >= 11 is 5.99. The van der Waals surface area contributed by atoms with E-state index in [4.69, 9.17) is 16.0 Å². The maximum absolute atomic E-state index is 13.9. The fourth-order valence-electron chi connectivity index (χ4n) is 3.35. The molecule has 0 saturated carbocycles. The Hall–Kier alpha value is -2.37. The highest BCUT2D eigenvalue weighted by Crippen LogP contribution is 2.21. The number of para-hydroxylation sites is 1. The van der Waals surface area contributed by atoms with Crippen molar-refractivity contribution in [3.63, 3.8) is 0 Å². The van der Waals surface area contributed by atoms with Gasteiger partial charge >= 0.3 is 0 Å². The number of piperazine rings is 1. The minimum absolute atomic E-state index is 0.0507. The second kappa shape index (κ2) is 7.09. The number of hydrogen-bond acceptors (Lipinski definition) is 4. The SMILES string of the molecule is O=c1c(CN2CCN(c3ccccc3F)CC2)coc2ccc(Cl)cc12. The van der Waals surface area contributed by atoms with Crippen LogP contribution in [0.1, 0.15) is 5.56 Å². The Morgan fingerprint density at radius 2 is 1.85 bits per heavy atom. The normalized spacial score (nSPS) is 15.5. The molecule has 0 aliphatic carbocycles. The Morgan fingerprint density at radius 1 is 1.08 bits per heavy atom. The number of fused-ring (bicyclic) bond motifs is 1. The van der Waals surface area contributed by atoms with Crippen LogP contribution in [0.15, 0.2) is 57.9 Å². The molecule has 1 fully saturated rings. The van der Waals surface area contributed by atoms with Gasteiger partial charge in [0.15, 0.2) is 5.43 Å². The van der Waals surface area contributed by atoms with Gasteiger partial charge in [0.25, 0.3) is 0 Å². The lowest BCUT2D eigenvalue weighted by Gasteiger charge is -2.36. The zero-order valence-corrected chi connectivity index (χ0v) is 14.9. The van der Waals surface area contributed by atoms with Crippen molar-refractivity contribution in [2.45, 2.75) is 6.54 Å². The lowest BCUT2D eigenvalue weighted by Crippen LogP contribution is -2.46. The summed E-state index contributed by atoms with van der Waals surface area (Å²) < 4.78 is 19.5. The molecule has 26 heavy (non-hydrogen) atoms. The van der Waals surface area contributed by atoms with Gasteiger partial charge in [-0.05, 0) is 30.3 Å². The van der Waals surface area contributed by atoms with Crippen molar-refractivity contribution in [3.8, 4) is 0 Å². The van der Waals surface area contributed by atoms with Crippen molar-refractivity contribution in [1.29, 1.82) is 0 Å². The van der Waals surface area contributed by atoms with E-state index in [-0.39, 0.29) is 11.2 Å². The number of hydrogen-bond donors (Lipinski definition) is 0. The molecule has 0 unspecified atom stereocenters. The van der Waals surface area contributed by atoms with E-state index in [1.54, 1.807) is 30.3 Å². The van der Waals surface area contributed by atoms with Crippen LogP contribution in [0.25, 0.3) is 11.0 Å². The maximum atomic E-state index is 13.9. The first-order valence-corrected chi connectivity index (χ1v) is 8.91. The van der Waals surface area contributed by atoms with Gasteiger partial charge in [0.05, 0.1) is 17.3 Å². The molecular formula is C20H18ClFN2O2. The first-order valence-electron chi connectivity index (χ1n) is 8.53. The van der Waals surface area contributed by atoms with Crippen LogP contribution in [-0.4, -0.2) is 31.1 Å². The van der Waals surface area contributed by atoms with Gasteiger partial charge in [-0.2, -0.15) is 0 Å². The highest BCUT2D eigenvalue weighted by atomic mass is 35.5. The lowest BCUT2D eigenvalue weighted by molar-refractivity contribution is 0.247. The van der Waals surface area contributed by atoms with Crippen molar-refractivity contribution in [1.82, 2.24) is 4.90 Å². The van der Waals surface area contributed by atoms with Gasteiger partial charge in [-0.15, -0.1) is 0 Å². The number of halogens is 2. The third kappa shape index (κ3) is 3.32. The molecule has 1 saturated heterocycles. The van der Waals surface area contributed by atoms with Crippen LogP contribution < -0.4 is 10.3 Å². The maximum Gasteiger partial charge on any atom is 0.197 e. The van der Waals surface area contributed by atoms with Crippen LogP contribution in [0.4, 0.5) is 10.1 Å². The van der Waals surface area contributed by atoms with E-state index in [1.165, 1.54) is 12.3 Å². The molecule has 4 rings (SSSR count). The zero-order chi connectivity index (χ0) is 18.1. The van der Waals surface area contributed by atoms with Gasteiger partial charge in [0, 0.05) is 43.3 Å². The predicted molar refractivity (Wildman–Crippen MR) is 101 cm³/mol. The third-order valence-electron chi connectivity index (χ3n) is 4.77. The van der Waals surface area contributed by atoms with Crippen molar-refractivity contribution >= 4 is 28.3 Å². The average molecular weight is 373 g/mol. The lowest BCUT2D eigenvalue weighted by atomic mass is 10.1. The molecule has 1 aromatic heterocycles. The van der Waals surface area contributed by atoms with Crippen molar-refractivity contribution in [2.24, 2.45) is 0 Å². The molecular weight excluding hydrogens is 355 g/mol. The first kappa shape index (κ1) is 17.1. The molecule has 2 heterocycles. The Bertz CT molecular complexity index is 997. The van der Waals surface area contributed by atoms with Gasteiger partial charge in [0.2, 0.25) is 0 Å². The Labute approximate surface area is 155 Å². The van der Waals surface area contributed by atoms with Gasteiger partial charge < -0.3 is 9.32 Å². The molecule has 0 atom stereocenters. The smallest absolute Gasteiger partial charge is 0.197 e. The van der Waals surface area contributed by atoms with Crippen LogP contribution in [0.5, 0.6) is 0 Å². The van der Waals surface area contributed by atoms with Crippen molar-refractivity contribution in [2.75, 3.05) is 31.1 Å². The zero-order valence-electron chi connectivity index (χ0n) is 14.1. The predicted octanol–water partition coefficient (Wildman–Crippen LogP) is 3.91. The second-order valence-corrected chi connectivity index (χ2v) is 6.88. The quantitative estimate of drug-likeness (QED) is 0.698. The van der Waals surface area contributed by atoms with E-state index in [0.717, 1.165) is 13.1 Å². The van der Waals surface area contributed by atoms with Crippen LogP contribution in [0.3, 0.4) is 0 Å². The molecule has 0 spiro atoms. The molecule has 6 heteroatoms. The molecule has 0 N–H and O–H groups in total. The van der Waals surface area contributed by atoms with Crippen LogP contribution >= 0.6 is 11.6 Å². The highest BCUT2D eigenvalue weighted by molar-refractivity contribution is 6.31. The fourth-order valence-corrected chi connectivity index (χ4v) is 3.52. The minimum atomic E-state index is -0.201. The summed E-state index contributed by atoms with van der Waals surface area (Å²) in [4.78, 5) is 16.9. The molecule has 2 aromatic carbocycles. The monoisotopic (exact) mass is 372 g/mol. The van der Waals surface area contributed by atoms with Crippen LogP contribution in [-0.2, 0) is 6.54 Å². The van der Waals surface area contributed by atoms with E-state index in [1.807, 2.05) is 11.0 Å². The summed E-state index contributed by atoms with van der Waals surface area (Å²) in [6.07, 6.45) is 1.53. The van der Waals surface area contributed by atoms with Crippen LogP contribution in [0.2, 0.25) is 5.02 Å². The summed E-state index contributed by atoms with van der Waals surface area (Å²) in [5, 5.41) is 1.01. The highest BCUT2D eigenvalue weighted by Gasteiger charge is 2.20. The van der Waals surface area contributed by atoms with E-state index < -0.39 is 0 Å². The molecule has 1 aliphatic rings. The molecule has 0 amide bonds. The van der Waals surface area contributed by atoms with Gasteiger partial charge in [-0.1, -0.05) is 23.7 Å². The fraction of sp³-hybridized carbons (Fsp3) is 0.250. The van der Waals surface area contributed by atoms with Gasteiger partial charge in [-0.25, -0.2) is 4.39 Å². The standard InChI is InChI=1S/C20H18ClFN2O2/c21-15-5-6-19-16(11-15)20(25)14(13-26-19)12-23-7-9-24(10-8-23)18-4-2-1-3-17(18)22/h1-6,11,13H,7-10,12H2. The molecule has 134 valence electrons. The summed E-state index contributed by atoms with van der Waals surface area (Å²) in [5.74, 6) is -0.201. The summed E-state index contributed by atoms with van der Waals surface area (Å²) in [6.45, 7) is 3.44. The first-order chi connectivity index (χ1) is 12.6. The Morgan fingerprint density at radius 3 is 2.62 bits per heavy atom. The van der Waals surface area contributed by atoms with E-state index in [0.29, 0.717) is 46.9 Å². The van der Waals surface area contributed by atoms with Crippen molar-refractivity contribution < 1.29 is 8.81 Å². The third-order valence-corrected chi connectivity index (χ3v) is 5.00. The summed E-state index contributed by atoms with van der Waals surface area (Å²) in [5.41, 5.74) is 1.73. The second-order valence-electron chi connectivity index (χ2n) is 6.45. The molecule has 1 aliphatic heterocycles. The van der Waals surface area contributed by atoms with E-state index in [2.05, 4.69) is 4.90 Å². The van der Waals surface area contributed by atoms with Crippen LogP contribution in [0, 0.1) is 5.82 Å². The van der Waals surface area contributed by atoms with Gasteiger partial charge in [-0.3, -0.25) is 9.69 Å². The van der Waals surface area contributed by atoms with E-state index >= 15 is 0 Å². The average Bonchev–Trinajstić information content (AvgIpc) is 2.66. The summed E-state index contributed by atoms with van der Waals surface area (Å²) in [6, 6.07) is 11.9. The Kier molecular flexibility index (Phi) is 4.66. The van der Waals surface area contributed by atoms with E-state index in [9.17, 15) is 9.18 Å².